The number of carbonyl (C=O) groups excluding carboxylic acids is 1. The van der Waals surface area contributed by atoms with E-state index in [-0.39, 0.29) is 5.91 Å². The molecule has 1 amide bonds. The highest BCUT2D eigenvalue weighted by molar-refractivity contribution is 5.76. The molecule has 0 spiro atoms. The van der Waals surface area contributed by atoms with Crippen molar-refractivity contribution in [2.45, 2.75) is 19.8 Å². The molecule has 0 fully saturated rings. The molecule has 1 heterocycles. The SMILES string of the molecule is CCCOc1ncnc(NCCC(=O)NC)c1N. The molecule has 0 aliphatic heterocycles. The molecular weight excluding hydrogens is 234 g/mol. The maximum Gasteiger partial charge on any atom is 0.242 e. The van der Waals surface area contributed by atoms with Crippen LogP contribution in [-0.2, 0) is 4.79 Å². The van der Waals surface area contributed by atoms with Crippen molar-refractivity contribution >= 4 is 17.4 Å². The highest BCUT2D eigenvalue weighted by Crippen LogP contribution is 2.24. The molecule has 1 rings (SSSR count). The largest absolute Gasteiger partial charge is 0.476 e. The van der Waals surface area contributed by atoms with Gasteiger partial charge in [-0.25, -0.2) is 4.98 Å². The lowest BCUT2D eigenvalue weighted by atomic mass is 10.4. The van der Waals surface area contributed by atoms with Gasteiger partial charge in [-0.1, -0.05) is 6.92 Å². The van der Waals surface area contributed by atoms with Crippen molar-refractivity contribution < 1.29 is 9.53 Å². The molecule has 0 bridgehead atoms. The van der Waals surface area contributed by atoms with E-state index in [4.69, 9.17) is 10.5 Å². The van der Waals surface area contributed by atoms with Gasteiger partial charge in [0.05, 0.1) is 6.61 Å². The number of carbonyl (C=O) groups is 1. The minimum absolute atomic E-state index is 0.0439. The van der Waals surface area contributed by atoms with Crippen LogP contribution in [-0.4, -0.2) is 36.1 Å². The zero-order valence-corrected chi connectivity index (χ0v) is 10.7. The summed E-state index contributed by atoms with van der Waals surface area (Å²) >= 11 is 0. The number of nitrogens with zero attached hydrogens (tertiary/aromatic N) is 2. The van der Waals surface area contributed by atoms with E-state index in [9.17, 15) is 4.79 Å². The molecular formula is C11H19N5O2. The van der Waals surface area contributed by atoms with Gasteiger partial charge in [0.2, 0.25) is 11.8 Å². The molecule has 0 saturated heterocycles. The van der Waals surface area contributed by atoms with Crippen LogP contribution in [0, 0.1) is 0 Å². The van der Waals surface area contributed by atoms with Crippen molar-refractivity contribution in [2.75, 3.05) is 31.2 Å². The van der Waals surface area contributed by atoms with E-state index in [0.717, 1.165) is 6.42 Å². The standard InChI is InChI=1S/C11H19N5O2/c1-3-6-18-11-9(12)10(15-7-16-11)14-5-4-8(17)13-2/h7H,3-6,12H2,1-2H3,(H,13,17)(H,14,15,16). The van der Waals surface area contributed by atoms with Gasteiger partial charge in [-0.3, -0.25) is 4.79 Å². The quantitative estimate of drug-likeness (QED) is 0.650. The molecule has 0 aliphatic carbocycles. The average molecular weight is 253 g/mol. The van der Waals surface area contributed by atoms with Gasteiger partial charge in [0.25, 0.3) is 0 Å². The maximum absolute atomic E-state index is 11.1. The molecule has 1 aromatic heterocycles. The van der Waals surface area contributed by atoms with Gasteiger partial charge in [-0.2, -0.15) is 4.98 Å². The first-order valence-electron chi connectivity index (χ1n) is 5.86. The third kappa shape index (κ3) is 4.08. The van der Waals surface area contributed by atoms with Gasteiger partial charge in [-0.15, -0.1) is 0 Å². The molecule has 0 atom stereocenters. The first-order valence-corrected chi connectivity index (χ1v) is 5.86. The van der Waals surface area contributed by atoms with Crippen molar-refractivity contribution in [1.82, 2.24) is 15.3 Å². The van der Waals surface area contributed by atoms with Crippen LogP contribution in [0.25, 0.3) is 0 Å². The smallest absolute Gasteiger partial charge is 0.242 e. The van der Waals surface area contributed by atoms with Crippen LogP contribution < -0.4 is 21.1 Å². The van der Waals surface area contributed by atoms with Crippen LogP contribution in [0.4, 0.5) is 11.5 Å². The van der Waals surface area contributed by atoms with Crippen LogP contribution in [0.1, 0.15) is 19.8 Å². The van der Waals surface area contributed by atoms with E-state index in [1.807, 2.05) is 6.92 Å². The predicted octanol–water partition coefficient (Wildman–Crippen LogP) is 0.396. The van der Waals surface area contributed by atoms with Crippen molar-refractivity contribution in [3.8, 4) is 5.88 Å². The Bertz CT molecular complexity index is 397. The Balaban J connectivity index is 2.57. The van der Waals surface area contributed by atoms with Crippen LogP contribution in [0.2, 0.25) is 0 Å². The summed E-state index contributed by atoms with van der Waals surface area (Å²) < 4.78 is 5.38. The normalized spacial score (nSPS) is 9.89. The summed E-state index contributed by atoms with van der Waals surface area (Å²) in [5.41, 5.74) is 6.22. The van der Waals surface area contributed by atoms with Crippen LogP contribution in [0.15, 0.2) is 6.33 Å². The van der Waals surface area contributed by atoms with Crippen LogP contribution >= 0.6 is 0 Å². The van der Waals surface area contributed by atoms with Crippen LogP contribution in [0.3, 0.4) is 0 Å². The predicted molar refractivity (Wildman–Crippen MR) is 69.4 cm³/mol. The average Bonchev–Trinajstić information content (AvgIpc) is 2.39. The van der Waals surface area contributed by atoms with Crippen molar-refractivity contribution in [1.29, 1.82) is 0 Å². The third-order valence-corrected chi connectivity index (χ3v) is 2.21. The lowest BCUT2D eigenvalue weighted by Crippen LogP contribution is -2.21. The van der Waals surface area contributed by atoms with Gasteiger partial charge >= 0.3 is 0 Å². The van der Waals surface area contributed by atoms with E-state index in [1.54, 1.807) is 7.05 Å². The Labute approximate surface area is 106 Å². The lowest BCUT2D eigenvalue weighted by Gasteiger charge is -2.11. The number of anilines is 2. The molecule has 18 heavy (non-hydrogen) atoms. The monoisotopic (exact) mass is 253 g/mol. The Kier molecular flexibility index (Phi) is 5.69. The number of nitrogens with two attached hydrogens (primary N) is 1. The second-order valence-corrected chi connectivity index (χ2v) is 3.64. The number of hydrogen-bond donors (Lipinski definition) is 3. The fourth-order valence-electron chi connectivity index (χ4n) is 1.25. The minimum Gasteiger partial charge on any atom is -0.476 e. The highest BCUT2D eigenvalue weighted by Gasteiger charge is 2.08. The van der Waals surface area contributed by atoms with Crippen molar-refractivity contribution in [3.63, 3.8) is 0 Å². The number of nitrogens with one attached hydrogen (secondary N) is 2. The fraction of sp³-hybridized carbons (Fsp3) is 0.545. The number of hydrogen-bond acceptors (Lipinski definition) is 6. The number of ether oxygens (including phenoxy) is 1. The molecule has 0 unspecified atom stereocenters. The molecule has 7 heteroatoms. The first-order chi connectivity index (χ1) is 8.69. The third-order valence-electron chi connectivity index (χ3n) is 2.21. The van der Waals surface area contributed by atoms with Gasteiger partial charge in [-0.05, 0) is 6.42 Å². The highest BCUT2D eigenvalue weighted by atomic mass is 16.5. The molecule has 0 radical (unpaired) electrons. The summed E-state index contributed by atoms with van der Waals surface area (Å²) in [6.07, 6.45) is 2.61. The fourth-order valence-corrected chi connectivity index (χ4v) is 1.25. The lowest BCUT2D eigenvalue weighted by molar-refractivity contribution is -0.120. The molecule has 1 aromatic rings. The van der Waals surface area contributed by atoms with Gasteiger partial charge in [0.15, 0.2) is 5.82 Å². The Morgan fingerprint density at radius 3 is 2.94 bits per heavy atom. The maximum atomic E-state index is 11.1. The molecule has 0 saturated carbocycles. The number of rotatable bonds is 7. The molecule has 0 aliphatic rings. The summed E-state index contributed by atoms with van der Waals surface area (Å²) in [6.45, 7) is 3.01. The summed E-state index contributed by atoms with van der Waals surface area (Å²) in [5.74, 6) is 0.812. The molecule has 100 valence electrons. The van der Waals surface area contributed by atoms with E-state index >= 15 is 0 Å². The van der Waals surface area contributed by atoms with Crippen LogP contribution in [0.5, 0.6) is 5.88 Å². The first kappa shape index (κ1) is 14.0. The summed E-state index contributed by atoms with van der Waals surface area (Å²) in [7, 11) is 1.60. The zero-order chi connectivity index (χ0) is 13.4. The van der Waals surface area contributed by atoms with Gasteiger partial charge in [0, 0.05) is 20.0 Å². The van der Waals surface area contributed by atoms with Gasteiger partial charge in [0.1, 0.15) is 12.0 Å². The van der Waals surface area contributed by atoms with E-state index < -0.39 is 0 Å². The molecule has 7 nitrogen and oxygen atoms in total. The topological polar surface area (TPSA) is 102 Å². The van der Waals surface area contributed by atoms with Crippen molar-refractivity contribution in [3.05, 3.63) is 6.33 Å². The zero-order valence-electron chi connectivity index (χ0n) is 10.7. The minimum atomic E-state index is -0.0439. The van der Waals surface area contributed by atoms with E-state index in [0.29, 0.717) is 37.0 Å². The molecule has 0 aromatic carbocycles. The Morgan fingerprint density at radius 2 is 2.28 bits per heavy atom. The summed E-state index contributed by atoms with van der Waals surface area (Å²) in [5, 5.41) is 5.52. The number of aromatic nitrogens is 2. The summed E-state index contributed by atoms with van der Waals surface area (Å²) in [4.78, 5) is 19.0. The number of nitrogen functional groups attached to an aromatic ring is 1. The molecule has 4 N–H and O–H groups in total. The van der Waals surface area contributed by atoms with E-state index in [2.05, 4.69) is 20.6 Å². The Hall–Kier alpha value is -2.05. The van der Waals surface area contributed by atoms with Crippen molar-refractivity contribution in [2.24, 2.45) is 0 Å². The Morgan fingerprint density at radius 1 is 1.50 bits per heavy atom. The second kappa shape index (κ2) is 7.31. The number of amides is 1. The van der Waals surface area contributed by atoms with Gasteiger partial charge < -0.3 is 21.1 Å². The van der Waals surface area contributed by atoms with E-state index in [1.165, 1.54) is 6.33 Å². The summed E-state index contributed by atoms with van der Waals surface area (Å²) in [6, 6.07) is 0. The second-order valence-electron chi connectivity index (χ2n) is 3.64.